The highest BCUT2D eigenvalue weighted by Crippen LogP contribution is 2.36. The molecule has 0 amide bonds. The van der Waals surface area contributed by atoms with Gasteiger partial charge in [0.15, 0.2) is 0 Å². The van der Waals surface area contributed by atoms with Crippen molar-refractivity contribution in [1.29, 1.82) is 0 Å². The summed E-state index contributed by atoms with van der Waals surface area (Å²) >= 11 is 0. The number of hydrogen-bond donors (Lipinski definition) is 1. The summed E-state index contributed by atoms with van der Waals surface area (Å²) in [5.74, 6) is 0.253. The molecule has 1 unspecified atom stereocenters. The van der Waals surface area contributed by atoms with E-state index >= 15 is 0 Å². The van der Waals surface area contributed by atoms with E-state index in [0.717, 1.165) is 11.1 Å². The van der Waals surface area contributed by atoms with Crippen LogP contribution < -0.4 is 10.1 Å². The molecular weight excluding hydrogens is 438 g/mol. The van der Waals surface area contributed by atoms with Crippen molar-refractivity contribution in [3.05, 3.63) is 76.5 Å². The van der Waals surface area contributed by atoms with Crippen LogP contribution >= 0.6 is 0 Å². The Hall–Kier alpha value is -4.21. The Labute approximate surface area is 196 Å². The number of tetrazole rings is 1. The molecule has 176 valence electrons. The third kappa shape index (κ3) is 4.75. The molecule has 4 rings (SSSR count). The lowest BCUT2D eigenvalue weighted by molar-refractivity contribution is -0.139. The number of benzene rings is 2. The minimum atomic E-state index is -0.572. The standard InChI is InChI=1S/C24H25N5O5/c1-4-32-22(30)17-11-9-16(10-12-17)14-34-19-8-6-7-18(13-19)21-20(23(31)33-5-2)15(3)25-24-26-27-28-29(21)24/h6-13,21H,4-5,14H2,1-3H3,(H,25,26,28). The third-order valence-corrected chi connectivity index (χ3v) is 5.25. The zero-order valence-corrected chi connectivity index (χ0v) is 19.1. The first kappa shape index (κ1) is 23.0. The van der Waals surface area contributed by atoms with E-state index < -0.39 is 12.0 Å². The quantitative estimate of drug-likeness (QED) is 0.502. The van der Waals surface area contributed by atoms with Gasteiger partial charge in [0, 0.05) is 5.70 Å². The van der Waals surface area contributed by atoms with E-state index in [2.05, 4.69) is 20.8 Å². The molecule has 1 atom stereocenters. The van der Waals surface area contributed by atoms with E-state index in [1.165, 1.54) is 0 Å². The van der Waals surface area contributed by atoms with Gasteiger partial charge in [-0.15, -0.1) is 0 Å². The average molecular weight is 463 g/mol. The molecular formula is C24H25N5O5. The normalized spacial score (nSPS) is 14.7. The number of esters is 2. The first-order valence-corrected chi connectivity index (χ1v) is 10.9. The molecule has 0 radical (unpaired) electrons. The highest BCUT2D eigenvalue weighted by Gasteiger charge is 2.35. The van der Waals surface area contributed by atoms with Crippen molar-refractivity contribution in [3.8, 4) is 5.75 Å². The van der Waals surface area contributed by atoms with Crippen LogP contribution in [0.25, 0.3) is 0 Å². The van der Waals surface area contributed by atoms with Gasteiger partial charge in [-0.2, -0.15) is 4.68 Å². The van der Waals surface area contributed by atoms with E-state index in [0.29, 0.717) is 41.7 Å². The first-order chi connectivity index (χ1) is 16.5. The van der Waals surface area contributed by atoms with Crippen molar-refractivity contribution in [1.82, 2.24) is 20.2 Å². The predicted octanol–water partition coefficient (Wildman–Crippen LogP) is 3.28. The van der Waals surface area contributed by atoms with Gasteiger partial charge in [0.2, 0.25) is 5.95 Å². The molecule has 1 N–H and O–H groups in total. The van der Waals surface area contributed by atoms with Crippen molar-refractivity contribution >= 4 is 17.9 Å². The number of anilines is 1. The summed E-state index contributed by atoms with van der Waals surface area (Å²) in [4.78, 5) is 24.6. The van der Waals surface area contributed by atoms with Gasteiger partial charge >= 0.3 is 11.9 Å². The van der Waals surface area contributed by atoms with Crippen LogP contribution in [0.1, 0.15) is 48.3 Å². The van der Waals surface area contributed by atoms with Gasteiger partial charge < -0.3 is 19.5 Å². The molecule has 0 fully saturated rings. The molecule has 2 heterocycles. The number of carbonyl (C=O) groups excluding carboxylic acids is 2. The number of nitrogens with one attached hydrogen (secondary N) is 1. The highest BCUT2D eigenvalue weighted by molar-refractivity contribution is 5.92. The van der Waals surface area contributed by atoms with Gasteiger partial charge in [-0.1, -0.05) is 29.4 Å². The Morgan fingerprint density at radius 2 is 1.76 bits per heavy atom. The Morgan fingerprint density at radius 1 is 1.03 bits per heavy atom. The monoisotopic (exact) mass is 463 g/mol. The van der Waals surface area contributed by atoms with Crippen molar-refractivity contribution in [2.75, 3.05) is 18.5 Å². The Bertz CT molecular complexity index is 1220. The minimum Gasteiger partial charge on any atom is -0.489 e. The van der Waals surface area contributed by atoms with Crippen molar-refractivity contribution in [2.45, 2.75) is 33.4 Å². The SMILES string of the molecule is CCOC(=O)C1=C(C)Nc2nnnn2C1c1cccc(OCc2ccc(C(=O)OCC)cc2)c1. The number of nitrogens with zero attached hydrogens (tertiary/aromatic N) is 4. The predicted molar refractivity (Wildman–Crippen MR) is 122 cm³/mol. The van der Waals surface area contributed by atoms with Gasteiger partial charge in [-0.25, -0.2) is 9.59 Å². The summed E-state index contributed by atoms with van der Waals surface area (Å²) in [5, 5.41) is 14.9. The zero-order chi connectivity index (χ0) is 24.1. The zero-order valence-electron chi connectivity index (χ0n) is 19.1. The van der Waals surface area contributed by atoms with Crippen LogP contribution in [-0.2, 0) is 20.9 Å². The van der Waals surface area contributed by atoms with Gasteiger partial charge in [0.05, 0.1) is 24.4 Å². The maximum Gasteiger partial charge on any atom is 0.338 e. The molecule has 10 nitrogen and oxygen atoms in total. The first-order valence-electron chi connectivity index (χ1n) is 10.9. The molecule has 0 bridgehead atoms. The second-order valence-corrected chi connectivity index (χ2v) is 7.51. The van der Waals surface area contributed by atoms with Crippen LogP contribution in [-0.4, -0.2) is 45.4 Å². The average Bonchev–Trinajstić information content (AvgIpc) is 3.30. The summed E-state index contributed by atoms with van der Waals surface area (Å²) in [6.45, 7) is 6.20. The molecule has 1 aliphatic rings. The molecule has 0 saturated heterocycles. The fourth-order valence-corrected chi connectivity index (χ4v) is 3.69. The molecule has 0 saturated carbocycles. The molecule has 34 heavy (non-hydrogen) atoms. The Kier molecular flexibility index (Phi) is 6.86. The number of aromatic nitrogens is 4. The highest BCUT2D eigenvalue weighted by atomic mass is 16.5. The van der Waals surface area contributed by atoms with Crippen LogP contribution in [0.2, 0.25) is 0 Å². The van der Waals surface area contributed by atoms with Crippen LogP contribution in [0.15, 0.2) is 59.8 Å². The topological polar surface area (TPSA) is 117 Å². The Balaban J connectivity index is 1.56. The Morgan fingerprint density at radius 3 is 2.50 bits per heavy atom. The van der Waals surface area contributed by atoms with Gasteiger partial charge in [-0.3, -0.25) is 0 Å². The van der Waals surface area contributed by atoms with Gasteiger partial charge in [0.25, 0.3) is 0 Å². The van der Waals surface area contributed by atoms with Crippen molar-refractivity contribution < 1.29 is 23.8 Å². The summed E-state index contributed by atoms with van der Waals surface area (Å²) in [6, 6.07) is 13.9. The van der Waals surface area contributed by atoms with E-state index in [-0.39, 0.29) is 12.6 Å². The van der Waals surface area contributed by atoms with Gasteiger partial charge in [-0.05, 0) is 66.6 Å². The number of ether oxygens (including phenoxy) is 3. The second kappa shape index (κ2) is 10.2. The van der Waals surface area contributed by atoms with Crippen molar-refractivity contribution in [2.24, 2.45) is 0 Å². The number of hydrogen-bond acceptors (Lipinski definition) is 9. The smallest absolute Gasteiger partial charge is 0.338 e. The second-order valence-electron chi connectivity index (χ2n) is 7.51. The maximum absolute atomic E-state index is 12.8. The molecule has 2 aromatic carbocycles. The van der Waals surface area contributed by atoms with Crippen LogP contribution in [0, 0.1) is 0 Å². The minimum absolute atomic E-state index is 0.253. The molecule has 1 aliphatic heterocycles. The summed E-state index contributed by atoms with van der Waals surface area (Å²) < 4.78 is 17.8. The maximum atomic E-state index is 12.8. The largest absolute Gasteiger partial charge is 0.489 e. The summed E-state index contributed by atoms with van der Waals surface area (Å²) in [7, 11) is 0. The lowest BCUT2D eigenvalue weighted by Crippen LogP contribution is -2.29. The molecule has 1 aromatic heterocycles. The van der Waals surface area contributed by atoms with E-state index in [9.17, 15) is 9.59 Å². The third-order valence-electron chi connectivity index (χ3n) is 5.25. The molecule has 3 aromatic rings. The van der Waals surface area contributed by atoms with Gasteiger partial charge in [0.1, 0.15) is 18.4 Å². The van der Waals surface area contributed by atoms with Crippen LogP contribution in [0.4, 0.5) is 5.95 Å². The fraction of sp³-hybridized carbons (Fsp3) is 0.292. The lowest BCUT2D eigenvalue weighted by Gasteiger charge is -2.27. The van der Waals surface area contributed by atoms with Crippen LogP contribution in [0.5, 0.6) is 5.75 Å². The number of rotatable bonds is 8. The van der Waals surface area contributed by atoms with E-state index in [4.69, 9.17) is 14.2 Å². The molecule has 0 aliphatic carbocycles. The number of carbonyl (C=O) groups is 2. The number of allylic oxidation sites excluding steroid dienone is 1. The summed E-state index contributed by atoms with van der Waals surface area (Å²) in [5.41, 5.74) is 3.20. The van der Waals surface area contributed by atoms with E-state index in [1.54, 1.807) is 37.6 Å². The fourth-order valence-electron chi connectivity index (χ4n) is 3.69. The summed E-state index contributed by atoms with van der Waals surface area (Å²) in [6.07, 6.45) is 0. The number of fused-ring (bicyclic) bond motifs is 1. The molecule has 10 heteroatoms. The van der Waals surface area contributed by atoms with Crippen molar-refractivity contribution in [3.63, 3.8) is 0 Å². The van der Waals surface area contributed by atoms with E-state index in [1.807, 2.05) is 36.4 Å². The molecule has 0 spiro atoms. The van der Waals surface area contributed by atoms with Crippen LogP contribution in [0.3, 0.4) is 0 Å². The lowest BCUT2D eigenvalue weighted by atomic mass is 9.95.